The number of para-hydroxylation sites is 2. The van der Waals surface area contributed by atoms with Crippen molar-refractivity contribution >= 4 is 22.6 Å². The van der Waals surface area contributed by atoms with E-state index in [2.05, 4.69) is 0 Å². The number of benzene rings is 2. The summed E-state index contributed by atoms with van der Waals surface area (Å²) in [4.78, 5) is 25.9. The maximum absolute atomic E-state index is 12.0. The number of carbonyl (C=O) groups excluding carboxylic acids is 1. The van der Waals surface area contributed by atoms with Gasteiger partial charge in [0.05, 0.1) is 19.3 Å². The van der Waals surface area contributed by atoms with Crippen LogP contribution in [0.3, 0.4) is 0 Å². The molecule has 0 radical (unpaired) electrons. The molecule has 2 aromatic carbocycles. The van der Waals surface area contributed by atoms with Gasteiger partial charge in [0, 0.05) is 24.1 Å². The van der Waals surface area contributed by atoms with Crippen LogP contribution in [0.25, 0.3) is 11.0 Å². The van der Waals surface area contributed by atoms with E-state index < -0.39 is 17.7 Å². The van der Waals surface area contributed by atoms with Gasteiger partial charge in [0.1, 0.15) is 17.1 Å². The average Bonchev–Trinajstić information content (AvgIpc) is 2.66. The highest BCUT2D eigenvalue weighted by molar-refractivity contribution is 5.82. The first-order chi connectivity index (χ1) is 13.0. The van der Waals surface area contributed by atoms with Crippen LogP contribution >= 0.6 is 0 Å². The Bertz CT molecular complexity index is 1070. The maximum Gasteiger partial charge on any atom is 0.348 e. The van der Waals surface area contributed by atoms with Gasteiger partial charge in [-0.3, -0.25) is 0 Å². The molecular weight excluding hydrogens is 350 g/mol. The first kappa shape index (κ1) is 17.0. The highest BCUT2D eigenvalue weighted by Crippen LogP contribution is 2.35. The lowest BCUT2D eigenvalue weighted by molar-refractivity contribution is -0.148. The van der Waals surface area contributed by atoms with Crippen molar-refractivity contribution in [2.24, 2.45) is 0 Å². The fourth-order valence-corrected chi connectivity index (χ4v) is 3.27. The average molecular weight is 367 g/mol. The molecule has 7 heteroatoms. The van der Waals surface area contributed by atoms with Crippen LogP contribution in [0.15, 0.2) is 57.7 Å². The van der Waals surface area contributed by atoms with Crippen molar-refractivity contribution in [3.8, 4) is 11.5 Å². The minimum Gasteiger partial charge on any atom is -0.508 e. The summed E-state index contributed by atoms with van der Waals surface area (Å²) >= 11 is 0. The molecule has 0 fully saturated rings. The monoisotopic (exact) mass is 367 g/mol. The predicted molar refractivity (Wildman–Crippen MR) is 98.1 cm³/mol. The van der Waals surface area contributed by atoms with Gasteiger partial charge in [-0.05, 0) is 29.8 Å². The summed E-state index contributed by atoms with van der Waals surface area (Å²) < 4.78 is 15.8. The number of hydrogen-bond acceptors (Lipinski definition) is 7. The molecule has 0 spiro atoms. The number of ether oxygens (including phenoxy) is 2. The third-order valence-corrected chi connectivity index (χ3v) is 4.50. The zero-order valence-electron chi connectivity index (χ0n) is 14.5. The van der Waals surface area contributed by atoms with E-state index in [-0.39, 0.29) is 12.3 Å². The second kappa shape index (κ2) is 6.68. The van der Waals surface area contributed by atoms with Crippen LogP contribution in [0.1, 0.15) is 5.56 Å². The van der Waals surface area contributed by atoms with E-state index in [0.29, 0.717) is 23.3 Å². The lowest BCUT2D eigenvalue weighted by Crippen LogP contribution is -2.44. The Morgan fingerprint density at radius 1 is 1.26 bits per heavy atom. The molecule has 1 aliphatic rings. The third kappa shape index (κ3) is 3.19. The van der Waals surface area contributed by atoms with Crippen LogP contribution < -0.4 is 15.3 Å². The lowest BCUT2D eigenvalue weighted by Gasteiger charge is -2.35. The highest BCUT2D eigenvalue weighted by Gasteiger charge is 2.31. The number of phenolic OH excluding ortho intramolecular Hbond substituents is 1. The topological polar surface area (TPSA) is 89.2 Å². The van der Waals surface area contributed by atoms with Gasteiger partial charge in [-0.1, -0.05) is 12.1 Å². The van der Waals surface area contributed by atoms with E-state index in [1.807, 2.05) is 23.1 Å². The van der Waals surface area contributed by atoms with Gasteiger partial charge in [0.25, 0.3) is 0 Å². The zero-order valence-corrected chi connectivity index (χ0v) is 14.5. The molecule has 1 atom stereocenters. The predicted octanol–water partition coefficient (Wildman–Crippen LogP) is 2.44. The standard InChI is InChI=1S/C20H17NO6/c1-25-20(24)18-11-21(15-4-2-3-5-16(15)26-18)10-12-8-19(23)27-17-9-13(22)6-7-14(12)17/h2-9,18,22H,10-11H2,1H3/t18-/m0/s1. The minimum absolute atomic E-state index is 0.0188. The Labute approximate surface area is 154 Å². The van der Waals surface area contributed by atoms with Gasteiger partial charge in [-0.15, -0.1) is 0 Å². The fourth-order valence-electron chi connectivity index (χ4n) is 3.27. The molecule has 7 nitrogen and oxygen atoms in total. The number of esters is 1. The van der Waals surface area contributed by atoms with E-state index in [1.54, 1.807) is 12.1 Å². The quantitative estimate of drug-likeness (QED) is 0.562. The molecule has 2 heterocycles. The number of carbonyl (C=O) groups is 1. The molecule has 1 N–H and O–H groups in total. The van der Waals surface area contributed by atoms with Gasteiger partial charge < -0.3 is 23.9 Å². The summed E-state index contributed by atoms with van der Waals surface area (Å²) in [6, 6.07) is 13.4. The molecule has 1 aromatic heterocycles. The molecule has 138 valence electrons. The molecule has 27 heavy (non-hydrogen) atoms. The zero-order chi connectivity index (χ0) is 19.0. The van der Waals surface area contributed by atoms with Crippen molar-refractivity contribution in [2.45, 2.75) is 12.6 Å². The van der Waals surface area contributed by atoms with Gasteiger partial charge in [0.15, 0.2) is 0 Å². The Morgan fingerprint density at radius 3 is 2.89 bits per heavy atom. The first-order valence-corrected chi connectivity index (χ1v) is 8.39. The molecule has 3 aromatic rings. The number of fused-ring (bicyclic) bond motifs is 2. The molecular formula is C20H17NO6. The van der Waals surface area contributed by atoms with E-state index in [0.717, 1.165) is 11.3 Å². The van der Waals surface area contributed by atoms with Crippen molar-refractivity contribution in [1.82, 2.24) is 0 Å². The van der Waals surface area contributed by atoms with Crippen molar-refractivity contribution < 1.29 is 23.8 Å². The van der Waals surface area contributed by atoms with Crippen LogP contribution in [0.4, 0.5) is 5.69 Å². The van der Waals surface area contributed by atoms with Crippen molar-refractivity contribution in [1.29, 1.82) is 0 Å². The Balaban J connectivity index is 1.76. The van der Waals surface area contributed by atoms with Gasteiger partial charge >= 0.3 is 11.6 Å². The van der Waals surface area contributed by atoms with Crippen LogP contribution in [0.2, 0.25) is 0 Å². The largest absolute Gasteiger partial charge is 0.508 e. The summed E-state index contributed by atoms with van der Waals surface area (Å²) in [6.45, 7) is 0.643. The Kier molecular flexibility index (Phi) is 4.19. The molecule has 0 bridgehead atoms. The number of nitrogens with zero attached hydrogens (tertiary/aromatic N) is 1. The highest BCUT2D eigenvalue weighted by atomic mass is 16.6. The summed E-state index contributed by atoms with van der Waals surface area (Å²) in [6.07, 6.45) is -0.764. The maximum atomic E-state index is 12.0. The molecule has 0 saturated heterocycles. The van der Waals surface area contributed by atoms with Crippen molar-refractivity contribution in [3.63, 3.8) is 0 Å². The molecule has 1 aliphatic heterocycles. The second-order valence-electron chi connectivity index (χ2n) is 6.25. The molecule has 0 unspecified atom stereocenters. The fraction of sp³-hybridized carbons (Fsp3) is 0.200. The number of aromatic hydroxyl groups is 1. The Hall–Kier alpha value is -3.48. The number of anilines is 1. The van der Waals surface area contributed by atoms with Crippen LogP contribution in [-0.4, -0.2) is 30.8 Å². The molecule has 0 saturated carbocycles. The summed E-state index contributed by atoms with van der Waals surface area (Å²) in [5, 5.41) is 10.4. The van der Waals surface area contributed by atoms with Crippen molar-refractivity contribution in [2.75, 3.05) is 18.6 Å². The van der Waals surface area contributed by atoms with E-state index in [1.165, 1.54) is 25.3 Å². The number of methoxy groups -OCH3 is 1. The lowest BCUT2D eigenvalue weighted by atomic mass is 10.1. The first-order valence-electron chi connectivity index (χ1n) is 8.39. The number of rotatable bonds is 3. The van der Waals surface area contributed by atoms with E-state index in [4.69, 9.17) is 13.9 Å². The third-order valence-electron chi connectivity index (χ3n) is 4.50. The summed E-state index contributed by atoms with van der Waals surface area (Å²) in [7, 11) is 1.32. The smallest absolute Gasteiger partial charge is 0.348 e. The van der Waals surface area contributed by atoms with Crippen LogP contribution in [0.5, 0.6) is 11.5 Å². The minimum atomic E-state index is -0.764. The number of phenols is 1. The normalized spacial score (nSPS) is 15.9. The van der Waals surface area contributed by atoms with E-state index in [9.17, 15) is 14.7 Å². The van der Waals surface area contributed by atoms with Crippen LogP contribution in [-0.2, 0) is 16.1 Å². The van der Waals surface area contributed by atoms with E-state index >= 15 is 0 Å². The Morgan fingerprint density at radius 2 is 2.07 bits per heavy atom. The van der Waals surface area contributed by atoms with Crippen molar-refractivity contribution in [3.05, 3.63) is 64.5 Å². The molecule has 0 aliphatic carbocycles. The molecule has 4 rings (SSSR count). The summed E-state index contributed by atoms with van der Waals surface area (Å²) in [5.41, 5.74) is 1.34. The van der Waals surface area contributed by atoms with Gasteiger partial charge in [-0.2, -0.15) is 0 Å². The van der Waals surface area contributed by atoms with Crippen LogP contribution in [0, 0.1) is 0 Å². The van der Waals surface area contributed by atoms with Gasteiger partial charge in [0.2, 0.25) is 6.10 Å². The van der Waals surface area contributed by atoms with Gasteiger partial charge in [-0.25, -0.2) is 9.59 Å². The molecule has 0 amide bonds. The SMILES string of the molecule is COC(=O)[C@@H]1CN(Cc2cc(=O)oc3cc(O)ccc23)c2ccccc2O1. The summed E-state index contributed by atoms with van der Waals surface area (Å²) in [5.74, 6) is 0.131. The number of hydrogen-bond donors (Lipinski definition) is 1. The second-order valence-corrected chi connectivity index (χ2v) is 6.25.